The molecule has 2 heterocycles. The van der Waals surface area contributed by atoms with E-state index in [0.29, 0.717) is 22.7 Å². The number of methoxy groups -OCH3 is 1. The number of anilines is 1. The lowest BCUT2D eigenvalue weighted by Gasteiger charge is -2.21. The highest BCUT2D eigenvalue weighted by molar-refractivity contribution is 5.91. The van der Waals surface area contributed by atoms with Crippen LogP contribution in [-0.4, -0.2) is 29.3 Å². The van der Waals surface area contributed by atoms with Crippen LogP contribution in [-0.2, 0) is 19.7 Å². The number of ether oxygens (including phenoxy) is 2. The minimum Gasteiger partial charge on any atom is -0.468 e. The lowest BCUT2D eigenvalue weighted by molar-refractivity contribution is -0.146. The minimum absolute atomic E-state index is 0.274. The summed E-state index contributed by atoms with van der Waals surface area (Å²) in [6.07, 6.45) is 0.107. The zero-order chi connectivity index (χ0) is 27.4. The number of aryl methyl sites for hydroxylation is 1. The number of esters is 1. The third kappa shape index (κ3) is 5.41. The average Bonchev–Trinajstić information content (AvgIpc) is 3.27. The molecule has 0 bridgehead atoms. The summed E-state index contributed by atoms with van der Waals surface area (Å²) in [5.41, 5.74) is 3.27. The Morgan fingerprint density at radius 1 is 1.03 bits per heavy atom. The molecule has 1 N–H and O–H groups in total. The Balaban J connectivity index is 1.49. The van der Waals surface area contributed by atoms with Crippen molar-refractivity contribution in [2.24, 2.45) is 0 Å². The van der Waals surface area contributed by atoms with Crippen LogP contribution in [0.5, 0.6) is 0 Å². The van der Waals surface area contributed by atoms with Crippen molar-refractivity contribution in [1.82, 2.24) is 10.1 Å². The molecule has 196 valence electrons. The number of benzene rings is 2. The Morgan fingerprint density at radius 3 is 2.34 bits per heavy atom. The van der Waals surface area contributed by atoms with Gasteiger partial charge in [0.05, 0.1) is 18.2 Å². The molecule has 0 fully saturated rings. The molecule has 38 heavy (non-hydrogen) atoms. The van der Waals surface area contributed by atoms with E-state index < -0.39 is 23.4 Å². The number of nitrogens with zero attached hydrogens (tertiary/aromatic N) is 2. The first-order chi connectivity index (χ1) is 18.1. The fourth-order valence-electron chi connectivity index (χ4n) is 3.97. The van der Waals surface area contributed by atoms with Crippen molar-refractivity contribution in [1.29, 1.82) is 0 Å². The van der Waals surface area contributed by atoms with Gasteiger partial charge in [-0.05, 0) is 45.4 Å². The molecule has 4 rings (SSSR count). The summed E-state index contributed by atoms with van der Waals surface area (Å²) >= 11 is 0. The number of hydrogen-bond acceptors (Lipinski definition) is 7. The summed E-state index contributed by atoms with van der Waals surface area (Å²) < 4.78 is 29.8. The summed E-state index contributed by atoms with van der Waals surface area (Å²) in [5.74, 6) is -0.438. The molecule has 0 saturated carbocycles. The monoisotopic (exact) mass is 517 g/mol. The molecule has 1 amide bonds. The van der Waals surface area contributed by atoms with Gasteiger partial charge < -0.3 is 14.0 Å². The molecule has 2 aromatic carbocycles. The van der Waals surface area contributed by atoms with E-state index in [0.717, 1.165) is 16.8 Å². The Morgan fingerprint density at radius 2 is 1.71 bits per heavy atom. The number of nitrogens with one attached hydrogen (secondary N) is 1. The van der Waals surface area contributed by atoms with E-state index in [1.54, 1.807) is 52.1 Å². The maximum absolute atomic E-state index is 14.0. The highest BCUT2D eigenvalue weighted by atomic mass is 19.1. The first kappa shape index (κ1) is 26.5. The standard InChI is InChI=1S/C29H28FN3O5/c1-17-25(32-28(35)37-18(2)22-8-6-7-9-23(22)30)26(38-33-17)20-12-10-19(11-13-20)24-15-14-21(16-31-24)29(3,4)27(34)36-5/h6-16,18H,1-5H3,(H,32,35). The first-order valence-corrected chi connectivity index (χ1v) is 12.0. The second-order valence-corrected chi connectivity index (χ2v) is 9.29. The van der Waals surface area contributed by atoms with Crippen molar-refractivity contribution < 1.29 is 28.0 Å². The molecule has 0 aliphatic carbocycles. The quantitative estimate of drug-likeness (QED) is 0.275. The third-order valence-corrected chi connectivity index (χ3v) is 6.34. The van der Waals surface area contributed by atoms with E-state index in [2.05, 4.69) is 15.5 Å². The second kappa shape index (κ2) is 10.8. The molecule has 9 heteroatoms. The van der Waals surface area contributed by atoms with Crippen molar-refractivity contribution in [2.75, 3.05) is 12.4 Å². The molecule has 0 aliphatic heterocycles. The van der Waals surface area contributed by atoms with Crippen LogP contribution >= 0.6 is 0 Å². The molecule has 8 nitrogen and oxygen atoms in total. The summed E-state index contributed by atoms with van der Waals surface area (Å²) in [5, 5.41) is 6.64. The van der Waals surface area contributed by atoms with Gasteiger partial charge in [0.1, 0.15) is 23.3 Å². The molecule has 1 atom stereocenters. The van der Waals surface area contributed by atoms with Crippen molar-refractivity contribution in [3.8, 4) is 22.6 Å². The molecule has 0 saturated heterocycles. The zero-order valence-electron chi connectivity index (χ0n) is 21.7. The van der Waals surface area contributed by atoms with Crippen molar-refractivity contribution in [3.05, 3.63) is 89.5 Å². The van der Waals surface area contributed by atoms with Gasteiger partial charge in [-0.2, -0.15) is 0 Å². The molecule has 0 aliphatic rings. The lowest BCUT2D eigenvalue weighted by Crippen LogP contribution is -2.30. The summed E-state index contributed by atoms with van der Waals surface area (Å²) in [6.45, 7) is 6.85. The predicted octanol–water partition coefficient (Wildman–Crippen LogP) is 6.61. The van der Waals surface area contributed by atoms with E-state index in [1.165, 1.54) is 13.2 Å². The molecule has 1 unspecified atom stereocenters. The molecule has 0 spiro atoms. The maximum Gasteiger partial charge on any atom is 0.412 e. The van der Waals surface area contributed by atoms with Crippen LogP contribution < -0.4 is 5.32 Å². The summed E-state index contributed by atoms with van der Waals surface area (Å²) in [6, 6.07) is 17.2. The van der Waals surface area contributed by atoms with E-state index in [1.807, 2.05) is 36.4 Å². The SMILES string of the molecule is COC(=O)C(C)(C)c1ccc(-c2ccc(-c3onc(C)c3NC(=O)OC(C)c3ccccc3F)cc2)nc1. The normalized spacial score (nSPS) is 12.1. The van der Waals surface area contributed by atoms with Crippen LogP contribution in [0.2, 0.25) is 0 Å². The van der Waals surface area contributed by atoms with Gasteiger partial charge >= 0.3 is 12.1 Å². The van der Waals surface area contributed by atoms with Crippen LogP contribution in [0.1, 0.15) is 43.7 Å². The minimum atomic E-state index is -0.814. The number of pyridine rings is 1. The largest absolute Gasteiger partial charge is 0.468 e. The molecule has 0 radical (unpaired) electrons. The molecule has 4 aromatic rings. The van der Waals surface area contributed by atoms with Crippen LogP contribution in [0.25, 0.3) is 22.6 Å². The molecular weight excluding hydrogens is 489 g/mol. The van der Waals surface area contributed by atoms with Gasteiger partial charge in [-0.3, -0.25) is 15.1 Å². The highest BCUT2D eigenvalue weighted by Gasteiger charge is 2.31. The van der Waals surface area contributed by atoms with Crippen LogP contribution in [0, 0.1) is 12.7 Å². The molecular formula is C29H28FN3O5. The second-order valence-electron chi connectivity index (χ2n) is 9.29. The Labute approximate surface area is 219 Å². The van der Waals surface area contributed by atoms with Gasteiger partial charge in [0.15, 0.2) is 5.76 Å². The van der Waals surface area contributed by atoms with Gasteiger partial charge in [-0.1, -0.05) is 53.7 Å². The summed E-state index contributed by atoms with van der Waals surface area (Å²) in [4.78, 5) is 29.2. The van der Waals surface area contributed by atoms with Crippen LogP contribution in [0.15, 0.2) is 71.4 Å². The predicted molar refractivity (Wildman–Crippen MR) is 140 cm³/mol. The van der Waals surface area contributed by atoms with Crippen LogP contribution in [0.4, 0.5) is 14.9 Å². The topological polar surface area (TPSA) is 104 Å². The van der Waals surface area contributed by atoms with Crippen LogP contribution in [0.3, 0.4) is 0 Å². The van der Waals surface area contributed by atoms with Gasteiger partial charge in [0.2, 0.25) is 0 Å². The number of amides is 1. The van der Waals surface area contributed by atoms with E-state index in [9.17, 15) is 14.0 Å². The smallest absolute Gasteiger partial charge is 0.412 e. The fraction of sp³-hybridized carbons (Fsp3) is 0.241. The Hall–Kier alpha value is -4.53. The number of carbonyl (C=O) groups is 2. The van der Waals surface area contributed by atoms with Crippen molar-refractivity contribution in [2.45, 2.75) is 39.2 Å². The van der Waals surface area contributed by atoms with Gasteiger partial charge in [-0.25, -0.2) is 9.18 Å². The fourth-order valence-corrected chi connectivity index (χ4v) is 3.97. The van der Waals surface area contributed by atoms with Crippen molar-refractivity contribution >= 4 is 17.7 Å². The number of halogens is 1. The number of hydrogen-bond donors (Lipinski definition) is 1. The highest BCUT2D eigenvalue weighted by Crippen LogP contribution is 2.33. The first-order valence-electron chi connectivity index (χ1n) is 12.0. The third-order valence-electron chi connectivity index (χ3n) is 6.34. The number of aromatic nitrogens is 2. The Kier molecular flexibility index (Phi) is 7.57. The van der Waals surface area contributed by atoms with E-state index in [4.69, 9.17) is 14.0 Å². The summed E-state index contributed by atoms with van der Waals surface area (Å²) in [7, 11) is 1.36. The lowest BCUT2D eigenvalue weighted by atomic mass is 9.85. The molecule has 2 aromatic heterocycles. The maximum atomic E-state index is 14.0. The van der Waals surface area contributed by atoms with E-state index >= 15 is 0 Å². The van der Waals surface area contributed by atoms with Gasteiger partial charge in [-0.15, -0.1) is 0 Å². The Bertz CT molecular complexity index is 1450. The zero-order valence-corrected chi connectivity index (χ0v) is 21.7. The number of rotatable bonds is 7. The average molecular weight is 518 g/mol. The van der Waals surface area contributed by atoms with Crippen molar-refractivity contribution in [3.63, 3.8) is 0 Å². The number of carbonyl (C=O) groups excluding carboxylic acids is 2. The van der Waals surface area contributed by atoms with Gasteiger partial charge in [0.25, 0.3) is 0 Å². The van der Waals surface area contributed by atoms with E-state index in [-0.39, 0.29) is 11.5 Å². The van der Waals surface area contributed by atoms with Gasteiger partial charge in [0, 0.05) is 22.9 Å².